The molecule has 1 aliphatic rings. The van der Waals surface area contributed by atoms with Crippen LogP contribution < -0.4 is 14.2 Å². The molecule has 1 N–H and O–H groups in total. The molecule has 2 aromatic rings. The second kappa shape index (κ2) is 10.4. The number of piperidine rings is 1. The number of sulfonamides is 1. The van der Waals surface area contributed by atoms with Gasteiger partial charge in [-0.3, -0.25) is 4.79 Å². The standard InChI is InChI=1S/C24H32N2O5S/c1-17-9-12-26(13-10-17)24(27)22-16-21(7-8-23(22)30-4)32(28,29)25-11-14-31-20-6-5-18(2)19(3)15-20/h5-8,15-17,25H,9-14H2,1-4H3. The number of nitrogens with one attached hydrogen (secondary N) is 1. The highest BCUT2D eigenvalue weighted by atomic mass is 32.2. The van der Waals surface area contributed by atoms with Crippen molar-refractivity contribution in [2.45, 2.75) is 38.5 Å². The van der Waals surface area contributed by atoms with E-state index in [9.17, 15) is 13.2 Å². The Bertz CT molecular complexity index is 1060. The summed E-state index contributed by atoms with van der Waals surface area (Å²) in [6.07, 6.45) is 1.88. The van der Waals surface area contributed by atoms with Crippen LogP contribution in [0, 0.1) is 19.8 Å². The Hall–Kier alpha value is -2.58. The van der Waals surface area contributed by atoms with Crippen LogP contribution in [-0.4, -0.2) is 52.6 Å². The minimum atomic E-state index is -3.81. The monoisotopic (exact) mass is 460 g/mol. The highest BCUT2D eigenvalue weighted by molar-refractivity contribution is 7.89. The molecular weight excluding hydrogens is 428 g/mol. The van der Waals surface area contributed by atoms with Crippen molar-refractivity contribution in [3.63, 3.8) is 0 Å². The van der Waals surface area contributed by atoms with Gasteiger partial charge in [-0.15, -0.1) is 0 Å². The molecule has 1 amide bonds. The first-order valence-corrected chi connectivity index (χ1v) is 12.4. The maximum absolute atomic E-state index is 13.0. The van der Waals surface area contributed by atoms with E-state index in [1.54, 1.807) is 4.90 Å². The van der Waals surface area contributed by atoms with Crippen LogP contribution in [0.2, 0.25) is 0 Å². The van der Waals surface area contributed by atoms with Crippen LogP contribution in [0.15, 0.2) is 41.3 Å². The number of benzene rings is 2. The van der Waals surface area contributed by atoms with E-state index in [1.807, 2.05) is 32.0 Å². The lowest BCUT2D eigenvalue weighted by molar-refractivity contribution is 0.0693. The average Bonchev–Trinajstić information content (AvgIpc) is 2.78. The zero-order valence-corrected chi connectivity index (χ0v) is 20.0. The summed E-state index contributed by atoms with van der Waals surface area (Å²) in [7, 11) is -2.33. The molecule has 0 saturated carbocycles. The normalized spacial score (nSPS) is 14.9. The number of amides is 1. The molecule has 3 rings (SSSR count). The summed E-state index contributed by atoms with van der Waals surface area (Å²) in [5, 5.41) is 0. The number of aryl methyl sites for hydroxylation is 2. The molecule has 2 aromatic carbocycles. The van der Waals surface area contributed by atoms with Gasteiger partial charge in [0.1, 0.15) is 18.1 Å². The molecular formula is C24H32N2O5S. The minimum absolute atomic E-state index is 0.0261. The van der Waals surface area contributed by atoms with Crippen molar-refractivity contribution in [1.29, 1.82) is 0 Å². The van der Waals surface area contributed by atoms with Crippen molar-refractivity contribution in [2.24, 2.45) is 5.92 Å². The number of hydrogen-bond acceptors (Lipinski definition) is 5. The number of carbonyl (C=O) groups excluding carboxylic acids is 1. The number of methoxy groups -OCH3 is 1. The van der Waals surface area contributed by atoms with E-state index in [1.165, 1.54) is 30.9 Å². The van der Waals surface area contributed by atoms with Gasteiger partial charge in [-0.25, -0.2) is 13.1 Å². The zero-order valence-electron chi connectivity index (χ0n) is 19.2. The molecule has 8 heteroatoms. The van der Waals surface area contributed by atoms with Crippen molar-refractivity contribution in [1.82, 2.24) is 9.62 Å². The highest BCUT2D eigenvalue weighted by Crippen LogP contribution is 2.26. The number of likely N-dealkylation sites (tertiary alicyclic amines) is 1. The Balaban J connectivity index is 1.67. The predicted molar refractivity (Wildman–Crippen MR) is 124 cm³/mol. The highest BCUT2D eigenvalue weighted by Gasteiger charge is 2.26. The third-order valence-electron chi connectivity index (χ3n) is 5.92. The van der Waals surface area contributed by atoms with Gasteiger partial charge in [0, 0.05) is 19.6 Å². The van der Waals surface area contributed by atoms with E-state index in [2.05, 4.69) is 11.6 Å². The molecule has 0 aromatic heterocycles. The molecule has 0 bridgehead atoms. The van der Waals surface area contributed by atoms with Gasteiger partial charge < -0.3 is 14.4 Å². The maximum atomic E-state index is 13.0. The zero-order chi connectivity index (χ0) is 23.3. The van der Waals surface area contributed by atoms with Gasteiger partial charge in [-0.05, 0) is 74.1 Å². The minimum Gasteiger partial charge on any atom is -0.496 e. The number of hydrogen-bond donors (Lipinski definition) is 1. The van der Waals surface area contributed by atoms with E-state index in [0.717, 1.165) is 18.4 Å². The SMILES string of the molecule is COc1ccc(S(=O)(=O)NCCOc2ccc(C)c(C)c2)cc1C(=O)N1CCC(C)CC1. The fourth-order valence-electron chi connectivity index (χ4n) is 3.64. The van der Waals surface area contributed by atoms with Crippen molar-refractivity contribution < 1.29 is 22.7 Å². The molecule has 1 heterocycles. The van der Waals surface area contributed by atoms with Crippen molar-refractivity contribution in [2.75, 3.05) is 33.4 Å². The van der Waals surface area contributed by atoms with Gasteiger partial charge in [0.2, 0.25) is 10.0 Å². The summed E-state index contributed by atoms with van der Waals surface area (Å²) >= 11 is 0. The number of nitrogens with zero attached hydrogens (tertiary/aromatic N) is 1. The van der Waals surface area contributed by atoms with Crippen LogP contribution >= 0.6 is 0 Å². The smallest absolute Gasteiger partial charge is 0.257 e. The van der Waals surface area contributed by atoms with Gasteiger partial charge >= 0.3 is 0 Å². The first-order chi connectivity index (χ1) is 15.2. The second-order valence-corrected chi connectivity index (χ2v) is 10.1. The van der Waals surface area contributed by atoms with E-state index >= 15 is 0 Å². The molecule has 7 nitrogen and oxygen atoms in total. The number of rotatable bonds is 8. The fraction of sp³-hybridized carbons (Fsp3) is 0.458. The van der Waals surface area contributed by atoms with Crippen molar-refractivity contribution >= 4 is 15.9 Å². The van der Waals surface area contributed by atoms with Crippen LogP contribution in [0.1, 0.15) is 41.3 Å². The Morgan fingerprint density at radius 2 is 1.81 bits per heavy atom. The van der Waals surface area contributed by atoms with Crippen LogP contribution in [0.4, 0.5) is 0 Å². The molecule has 0 unspecified atom stereocenters. The van der Waals surface area contributed by atoms with Crippen LogP contribution in [0.25, 0.3) is 0 Å². The lowest BCUT2D eigenvalue weighted by atomic mass is 9.98. The average molecular weight is 461 g/mol. The summed E-state index contributed by atoms with van der Waals surface area (Å²) in [5.41, 5.74) is 2.54. The summed E-state index contributed by atoms with van der Waals surface area (Å²) < 4.78 is 39.1. The largest absolute Gasteiger partial charge is 0.496 e. The molecule has 1 fully saturated rings. The van der Waals surface area contributed by atoms with E-state index in [0.29, 0.717) is 30.5 Å². The van der Waals surface area contributed by atoms with E-state index < -0.39 is 10.0 Å². The molecule has 0 radical (unpaired) electrons. The Labute approximate surface area is 190 Å². The van der Waals surface area contributed by atoms with Crippen molar-refractivity contribution in [3.8, 4) is 11.5 Å². The molecule has 32 heavy (non-hydrogen) atoms. The first-order valence-electron chi connectivity index (χ1n) is 10.9. The van der Waals surface area contributed by atoms with E-state index in [-0.39, 0.29) is 29.5 Å². The predicted octanol–water partition coefficient (Wildman–Crippen LogP) is 3.54. The topological polar surface area (TPSA) is 84.9 Å². The Kier molecular flexibility index (Phi) is 7.79. The molecule has 174 valence electrons. The lowest BCUT2D eigenvalue weighted by Crippen LogP contribution is -2.38. The van der Waals surface area contributed by atoms with Crippen molar-refractivity contribution in [3.05, 3.63) is 53.1 Å². The summed E-state index contributed by atoms with van der Waals surface area (Å²) in [6, 6.07) is 10.1. The molecule has 0 aliphatic carbocycles. The van der Waals surface area contributed by atoms with E-state index in [4.69, 9.17) is 9.47 Å². The molecule has 1 aliphatic heterocycles. The maximum Gasteiger partial charge on any atom is 0.257 e. The van der Waals surface area contributed by atoms with Gasteiger partial charge in [0.05, 0.1) is 17.6 Å². The second-order valence-electron chi connectivity index (χ2n) is 8.33. The van der Waals surface area contributed by atoms with Crippen LogP contribution in [0.3, 0.4) is 0 Å². The third kappa shape index (κ3) is 5.81. The van der Waals surface area contributed by atoms with Gasteiger partial charge in [-0.2, -0.15) is 0 Å². The Morgan fingerprint density at radius 1 is 1.09 bits per heavy atom. The van der Waals surface area contributed by atoms with Crippen LogP contribution in [-0.2, 0) is 10.0 Å². The quantitative estimate of drug-likeness (QED) is 0.609. The van der Waals surface area contributed by atoms with Crippen LogP contribution in [0.5, 0.6) is 11.5 Å². The first kappa shape index (κ1) is 24.1. The third-order valence-corrected chi connectivity index (χ3v) is 7.38. The molecule has 0 atom stereocenters. The summed E-state index contributed by atoms with van der Waals surface area (Å²) in [6.45, 7) is 7.81. The molecule has 1 saturated heterocycles. The fourth-order valence-corrected chi connectivity index (χ4v) is 4.67. The number of carbonyl (C=O) groups is 1. The summed E-state index contributed by atoms with van der Waals surface area (Å²) in [5.74, 6) is 1.44. The lowest BCUT2D eigenvalue weighted by Gasteiger charge is -2.30. The summed E-state index contributed by atoms with van der Waals surface area (Å²) in [4.78, 5) is 14.8. The van der Waals surface area contributed by atoms with Gasteiger partial charge in [-0.1, -0.05) is 13.0 Å². The Morgan fingerprint density at radius 3 is 2.47 bits per heavy atom. The number of ether oxygens (including phenoxy) is 2. The van der Waals surface area contributed by atoms with Gasteiger partial charge in [0.25, 0.3) is 5.91 Å². The van der Waals surface area contributed by atoms with Gasteiger partial charge in [0.15, 0.2) is 0 Å². The molecule has 0 spiro atoms.